The van der Waals surface area contributed by atoms with Gasteiger partial charge in [0.05, 0.1) is 11.4 Å². The van der Waals surface area contributed by atoms with E-state index in [9.17, 15) is 4.79 Å². The lowest BCUT2D eigenvalue weighted by Gasteiger charge is -2.22. The Morgan fingerprint density at radius 1 is 1.10 bits per heavy atom. The summed E-state index contributed by atoms with van der Waals surface area (Å²) < 4.78 is 1.63. The van der Waals surface area contributed by atoms with Crippen LogP contribution < -0.4 is 15.9 Å². The van der Waals surface area contributed by atoms with Gasteiger partial charge in [0.1, 0.15) is 17.5 Å². The number of hydrazine groups is 1. The summed E-state index contributed by atoms with van der Waals surface area (Å²) in [5.41, 5.74) is 5.94. The number of allylic oxidation sites excluding steroid dienone is 1. The predicted molar refractivity (Wildman–Crippen MR) is 116 cm³/mol. The van der Waals surface area contributed by atoms with Crippen molar-refractivity contribution in [1.29, 1.82) is 0 Å². The van der Waals surface area contributed by atoms with Crippen molar-refractivity contribution >= 4 is 22.9 Å². The molecule has 6 rings (SSSR count). The summed E-state index contributed by atoms with van der Waals surface area (Å²) >= 11 is 0. The van der Waals surface area contributed by atoms with E-state index in [-0.39, 0.29) is 11.7 Å². The average molecular weight is 404 g/mol. The number of likely N-dealkylation sites (tertiary alicyclic amines) is 1. The van der Waals surface area contributed by atoms with Gasteiger partial charge in [-0.05, 0) is 50.1 Å². The molecule has 9 nitrogen and oxygen atoms in total. The monoisotopic (exact) mass is 404 g/mol. The van der Waals surface area contributed by atoms with Crippen LogP contribution in [0.5, 0.6) is 0 Å². The second-order valence-corrected chi connectivity index (χ2v) is 8.66. The summed E-state index contributed by atoms with van der Waals surface area (Å²) in [4.78, 5) is 26.8. The first-order valence-corrected chi connectivity index (χ1v) is 10.4. The zero-order chi connectivity index (χ0) is 20.4. The standard InChI is InChI=1S/C21H24N8O/c1-13-22-20-6-4-17(25-29(20)24-13)18-7-21(30)28-12-16(3-5-19(28)23-18)27-10-14-8-26(2)9-15(14)11-27/h3-7,12-15,24H,8-11H2,1-2H3. The fourth-order valence-electron chi connectivity index (χ4n) is 5.00. The van der Waals surface area contributed by atoms with Crippen LogP contribution in [0.25, 0.3) is 5.65 Å². The molecular weight excluding hydrogens is 380 g/mol. The minimum atomic E-state index is -0.103. The molecule has 0 aromatic carbocycles. The number of nitrogens with one attached hydrogen (secondary N) is 1. The van der Waals surface area contributed by atoms with Crippen LogP contribution in [0.4, 0.5) is 5.69 Å². The van der Waals surface area contributed by atoms with Gasteiger partial charge in [0, 0.05) is 38.4 Å². The van der Waals surface area contributed by atoms with Crippen LogP contribution in [-0.2, 0) is 0 Å². The summed E-state index contributed by atoms with van der Waals surface area (Å²) in [5, 5.41) is 6.16. The zero-order valence-electron chi connectivity index (χ0n) is 17.1. The average Bonchev–Trinajstić information content (AvgIpc) is 3.38. The first-order valence-electron chi connectivity index (χ1n) is 10.4. The number of rotatable bonds is 2. The maximum atomic E-state index is 12.9. The van der Waals surface area contributed by atoms with Gasteiger partial charge in [0.15, 0.2) is 5.84 Å². The lowest BCUT2D eigenvalue weighted by molar-refractivity contribution is 0.320. The second-order valence-electron chi connectivity index (χ2n) is 8.66. The molecule has 0 spiro atoms. The number of fused-ring (bicyclic) bond motifs is 3. The van der Waals surface area contributed by atoms with E-state index in [0.29, 0.717) is 17.1 Å². The molecule has 9 heteroatoms. The molecule has 3 unspecified atom stereocenters. The van der Waals surface area contributed by atoms with Gasteiger partial charge in [-0.1, -0.05) is 0 Å². The molecule has 4 aliphatic heterocycles. The highest BCUT2D eigenvalue weighted by Gasteiger charge is 2.38. The fourth-order valence-corrected chi connectivity index (χ4v) is 5.00. The normalized spacial score (nSPS) is 28.1. The molecule has 30 heavy (non-hydrogen) atoms. The van der Waals surface area contributed by atoms with Crippen LogP contribution in [0.1, 0.15) is 12.6 Å². The minimum absolute atomic E-state index is 0.0214. The molecule has 154 valence electrons. The van der Waals surface area contributed by atoms with E-state index in [2.05, 4.69) is 43.4 Å². The van der Waals surface area contributed by atoms with Crippen molar-refractivity contribution in [3.63, 3.8) is 0 Å². The molecule has 0 saturated carbocycles. The van der Waals surface area contributed by atoms with Crippen LogP contribution in [-0.4, -0.2) is 70.3 Å². The van der Waals surface area contributed by atoms with Crippen molar-refractivity contribution in [1.82, 2.24) is 24.8 Å². The number of anilines is 1. The summed E-state index contributed by atoms with van der Waals surface area (Å²) in [7, 11) is 2.20. The van der Waals surface area contributed by atoms with E-state index in [1.54, 1.807) is 15.6 Å². The zero-order valence-corrected chi connectivity index (χ0v) is 17.1. The number of pyridine rings is 1. The highest BCUT2D eigenvalue weighted by atomic mass is 16.1. The van der Waals surface area contributed by atoms with E-state index < -0.39 is 0 Å². The minimum Gasteiger partial charge on any atom is -0.370 e. The molecule has 1 N–H and O–H groups in total. The van der Waals surface area contributed by atoms with E-state index in [0.717, 1.165) is 49.5 Å². The first kappa shape index (κ1) is 17.8. The van der Waals surface area contributed by atoms with Crippen molar-refractivity contribution in [3.8, 4) is 0 Å². The Labute approximate surface area is 174 Å². The van der Waals surface area contributed by atoms with Crippen molar-refractivity contribution in [3.05, 3.63) is 52.6 Å². The SMILES string of the molecule is CC1N=C2C=CC(c3cc(=O)n4cc(N5CC6CN(C)CC6C5)ccc4n3)=NN2N1. The Hall–Kier alpha value is -3.04. The van der Waals surface area contributed by atoms with Crippen molar-refractivity contribution in [2.75, 3.05) is 38.1 Å². The summed E-state index contributed by atoms with van der Waals surface area (Å²) in [6.45, 7) is 6.37. The Bertz CT molecular complexity index is 1170. The third-order valence-electron chi connectivity index (χ3n) is 6.39. The molecule has 3 atom stereocenters. The van der Waals surface area contributed by atoms with E-state index >= 15 is 0 Å². The number of nitrogens with zero attached hydrogens (tertiary/aromatic N) is 7. The van der Waals surface area contributed by atoms with Gasteiger partial charge in [-0.25, -0.2) is 9.98 Å². The van der Waals surface area contributed by atoms with E-state index in [1.165, 1.54) is 0 Å². The van der Waals surface area contributed by atoms with Crippen molar-refractivity contribution in [2.24, 2.45) is 21.9 Å². The van der Waals surface area contributed by atoms with Gasteiger partial charge < -0.3 is 9.80 Å². The topological polar surface area (TPSA) is 80.8 Å². The molecule has 2 saturated heterocycles. The quantitative estimate of drug-likeness (QED) is 0.787. The number of hydrazone groups is 1. The van der Waals surface area contributed by atoms with Crippen molar-refractivity contribution < 1.29 is 0 Å². The van der Waals surface area contributed by atoms with Gasteiger partial charge in [0.25, 0.3) is 5.56 Å². The smallest absolute Gasteiger partial charge is 0.258 e. The van der Waals surface area contributed by atoms with Crippen LogP contribution in [0.3, 0.4) is 0 Å². The molecule has 0 bridgehead atoms. The second kappa shape index (κ2) is 6.48. The van der Waals surface area contributed by atoms with Gasteiger partial charge >= 0.3 is 0 Å². The third kappa shape index (κ3) is 2.85. The summed E-state index contributed by atoms with van der Waals surface area (Å²) in [6, 6.07) is 5.55. The van der Waals surface area contributed by atoms with E-state index in [4.69, 9.17) is 0 Å². The third-order valence-corrected chi connectivity index (χ3v) is 6.39. The van der Waals surface area contributed by atoms with Crippen LogP contribution >= 0.6 is 0 Å². The van der Waals surface area contributed by atoms with Gasteiger partial charge in [-0.2, -0.15) is 15.6 Å². The molecule has 0 amide bonds. The largest absolute Gasteiger partial charge is 0.370 e. The van der Waals surface area contributed by atoms with Gasteiger partial charge in [-0.15, -0.1) is 0 Å². The van der Waals surface area contributed by atoms with E-state index in [1.807, 2.05) is 31.3 Å². The molecule has 0 radical (unpaired) electrons. The lowest BCUT2D eigenvalue weighted by Crippen LogP contribution is -2.37. The molecule has 2 aromatic heterocycles. The van der Waals surface area contributed by atoms with Gasteiger partial charge in [-0.3, -0.25) is 9.20 Å². The Kier molecular flexibility index (Phi) is 3.84. The molecule has 2 fully saturated rings. The number of aromatic nitrogens is 2. The molecule has 2 aromatic rings. The Morgan fingerprint density at radius 3 is 2.70 bits per heavy atom. The summed E-state index contributed by atoms with van der Waals surface area (Å²) in [6.07, 6.45) is 5.63. The van der Waals surface area contributed by atoms with Crippen molar-refractivity contribution in [2.45, 2.75) is 13.1 Å². The molecule has 6 heterocycles. The van der Waals surface area contributed by atoms with Crippen LogP contribution in [0, 0.1) is 11.8 Å². The van der Waals surface area contributed by atoms with Crippen LogP contribution in [0.2, 0.25) is 0 Å². The number of amidine groups is 1. The van der Waals surface area contributed by atoms with Crippen LogP contribution in [0.15, 0.2) is 51.4 Å². The maximum absolute atomic E-state index is 12.9. The van der Waals surface area contributed by atoms with Gasteiger partial charge in [0.2, 0.25) is 0 Å². The number of aliphatic imine (C=N–C) groups is 1. The molecule has 0 aliphatic carbocycles. The maximum Gasteiger partial charge on any atom is 0.258 e. The summed E-state index contributed by atoms with van der Waals surface area (Å²) in [5.74, 6) is 2.19. The first-order chi connectivity index (χ1) is 14.5. The fraction of sp³-hybridized carbons (Fsp3) is 0.429. The highest BCUT2D eigenvalue weighted by Crippen LogP contribution is 2.33. The number of hydrogen-bond donors (Lipinski definition) is 1. The molecular formula is C21H24N8O. The Balaban J connectivity index is 1.30. The Morgan fingerprint density at radius 2 is 1.90 bits per heavy atom. The predicted octanol–water partition coefficient (Wildman–Crippen LogP) is 0.531. The molecule has 4 aliphatic rings. The highest BCUT2D eigenvalue weighted by molar-refractivity contribution is 6.13. The lowest BCUT2D eigenvalue weighted by atomic mass is 10.0. The number of hydrogen-bond acceptors (Lipinski definition) is 8.